The lowest BCUT2D eigenvalue weighted by Gasteiger charge is -2.29. The summed E-state index contributed by atoms with van der Waals surface area (Å²) in [4.78, 5) is 0. The predicted octanol–water partition coefficient (Wildman–Crippen LogP) is 0.921. The third kappa shape index (κ3) is 1.19. The summed E-state index contributed by atoms with van der Waals surface area (Å²) in [5.74, 6) is 1.20. The molecular weight excluding hydrogens is 150 g/mol. The van der Waals surface area contributed by atoms with Gasteiger partial charge in [0.05, 0.1) is 11.6 Å². The van der Waals surface area contributed by atoms with Gasteiger partial charge in [-0.1, -0.05) is 19.1 Å². The van der Waals surface area contributed by atoms with E-state index in [0.29, 0.717) is 11.8 Å². The third-order valence-corrected chi connectivity index (χ3v) is 3.27. The fourth-order valence-electron chi connectivity index (χ4n) is 2.24. The van der Waals surface area contributed by atoms with Gasteiger partial charge in [0.15, 0.2) is 0 Å². The van der Waals surface area contributed by atoms with Crippen LogP contribution in [-0.2, 0) is 0 Å². The second-order valence-electron chi connectivity index (χ2n) is 4.36. The topological polar surface area (TPSA) is 32.3 Å². The van der Waals surface area contributed by atoms with Crippen molar-refractivity contribution >= 4 is 0 Å². The molecule has 0 spiro atoms. The normalized spacial score (nSPS) is 44.4. The quantitative estimate of drug-likeness (QED) is 0.599. The molecule has 12 heavy (non-hydrogen) atoms. The minimum atomic E-state index is -0.535. The standard InChI is InChI=1S/C10H17NO/c1-7-6-8(7)10(2,12)9-4-3-5-11-9/h3-4,7-9,11-12H,5-6H2,1-2H3. The van der Waals surface area contributed by atoms with Crippen molar-refractivity contribution in [3.63, 3.8) is 0 Å². The molecule has 1 saturated carbocycles. The molecule has 0 aromatic carbocycles. The van der Waals surface area contributed by atoms with Gasteiger partial charge in [0, 0.05) is 6.54 Å². The van der Waals surface area contributed by atoms with Crippen molar-refractivity contribution in [2.24, 2.45) is 11.8 Å². The van der Waals surface area contributed by atoms with Gasteiger partial charge in [0.1, 0.15) is 0 Å². The van der Waals surface area contributed by atoms with Crippen LogP contribution in [0.25, 0.3) is 0 Å². The van der Waals surface area contributed by atoms with Crippen LogP contribution in [0, 0.1) is 11.8 Å². The Balaban J connectivity index is 2.04. The monoisotopic (exact) mass is 167 g/mol. The molecule has 68 valence electrons. The van der Waals surface area contributed by atoms with E-state index in [2.05, 4.69) is 24.4 Å². The zero-order valence-electron chi connectivity index (χ0n) is 7.75. The third-order valence-electron chi connectivity index (χ3n) is 3.27. The van der Waals surface area contributed by atoms with Crippen LogP contribution in [-0.4, -0.2) is 23.3 Å². The Morgan fingerprint density at radius 1 is 1.58 bits per heavy atom. The molecule has 0 amide bonds. The summed E-state index contributed by atoms with van der Waals surface area (Å²) in [5, 5.41) is 13.5. The number of hydrogen-bond donors (Lipinski definition) is 2. The molecule has 1 heterocycles. The van der Waals surface area contributed by atoms with E-state index in [1.165, 1.54) is 6.42 Å². The van der Waals surface area contributed by atoms with Crippen molar-refractivity contribution in [3.05, 3.63) is 12.2 Å². The summed E-state index contributed by atoms with van der Waals surface area (Å²) in [6.07, 6.45) is 5.36. The van der Waals surface area contributed by atoms with Crippen molar-refractivity contribution in [2.75, 3.05) is 6.54 Å². The molecule has 0 saturated heterocycles. The first-order valence-corrected chi connectivity index (χ1v) is 4.75. The largest absolute Gasteiger partial charge is 0.388 e. The minimum Gasteiger partial charge on any atom is -0.388 e. The Hall–Kier alpha value is -0.340. The highest BCUT2D eigenvalue weighted by molar-refractivity contribution is 5.14. The molecule has 4 unspecified atom stereocenters. The fourth-order valence-corrected chi connectivity index (χ4v) is 2.24. The molecule has 1 aliphatic heterocycles. The number of nitrogens with one attached hydrogen (secondary N) is 1. The average molecular weight is 167 g/mol. The van der Waals surface area contributed by atoms with Gasteiger partial charge in [0.25, 0.3) is 0 Å². The van der Waals surface area contributed by atoms with Crippen LogP contribution >= 0.6 is 0 Å². The van der Waals surface area contributed by atoms with Crippen LogP contribution in [0.5, 0.6) is 0 Å². The van der Waals surface area contributed by atoms with E-state index in [4.69, 9.17) is 0 Å². The van der Waals surface area contributed by atoms with Gasteiger partial charge < -0.3 is 10.4 Å². The van der Waals surface area contributed by atoms with E-state index in [9.17, 15) is 5.11 Å². The lowest BCUT2D eigenvalue weighted by Crippen LogP contribution is -2.47. The Morgan fingerprint density at radius 3 is 2.67 bits per heavy atom. The van der Waals surface area contributed by atoms with Gasteiger partial charge in [-0.25, -0.2) is 0 Å². The fraction of sp³-hybridized carbons (Fsp3) is 0.800. The maximum atomic E-state index is 10.2. The second kappa shape index (κ2) is 2.57. The van der Waals surface area contributed by atoms with Gasteiger partial charge in [-0.15, -0.1) is 0 Å². The van der Waals surface area contributed by atoms with Crippen molar-refractivity contribution in [1.29, 1.82) is 0 Å². The van der Waals surface area contributed by atoms with Crippen LogP contribution in [0.3, 0.4) is 0 Å². The molecule has 0 bridgehead atoms. The molecular formula is C10H17NO. The molecule has 0 aromatic rings. The average Bonchev–Trinajstić information content (AvgIpc) is 2.53. The van der Waals surface area contributed by atoms with E-state index in [0.717, 1.165) is 6.54 Å². The van der Waals surface area contributed by atoms with E-state index < -0.39 is 5.60 Å². The van der Waals surface area contributed by atoms with Gasteiger partial charge in [0.2, 0.25) is 0 Å². The van der Waals surface area contributed by atoms with Gasteiger partial charge >= 0.3 is 0 Å². The lowest BCUT2D eigenvalue weighted by molar-refractivity contribution is 0.0122. The molecule has 0 aromatic heterocycles. The zero-order valence-corrected chi connectivity index (χ0v) is 7.75. The highest BCUT2D eigenvalue weighted by Gasteiger charge is 2.50. The number of rotatable bonds is 2. The highest BCUT2D eigenvalue weighted by atomic mass is 16.3. The van der Waals surface area contributed by atoms with E-state index >= 15 is 0 Å². The smallest absolute Gasteiger partial charge is 0.0838 e. The second-order valence-corrected chi connectivity index (χ2v) is 4.36. The van der Waals surface area contributed by atoms with Crippen LogP contribution < -0.4 is 5.32 Å². The Morgan fingerprint density at radius 2 is 2.25 bits per heavy atom. The SMILES string of the molecule is CC1CC1C(C)(O)C1C=CCN1. The maximum Gasteiger partial charge on any atom is 0.0838 e. The van der Waals surface area contributed by atoms with Crippen molar-refractivity contribution < 1.29 is 5.11 Å². The van der Waals surface area contributed by atoms with Crippen LogP contribution in [0.4, 0.5) is 0 Å². The minimum absolute atomic E-state index is 0.174. The molecule has 1 fully saturated rings. The van der Waals surface area contributed by atoms with Gasteiger partial charge in [-0.2, -0.15) is 0 Å². The molecule has 1 aliphatic carbocycles. The molecule has 2 nitrogen and oxygen atoms in total. The Labute approximate surface area is 73.7 Å². The zero-order chi connectivity index (χ0) is 8.77. The van der Waals surface area contributed by atoms with Crippen molar-refractivity contribution in [2.45, 2.75) is 31.9 Å². The Bertz CT molecular complexity index is 210. The molecule has 4 atom stereocenters. The first-order chi connectivity index (χ1) is 5.62. The first kappa shape index (κ1) is 8.27. The predicted molar refractivity (Wildman–Crippen MR) is 48.8 cm³/mol. The van der Waals surface area contributed by atoms with Crippen molar-refractivity contribution in [1.82, 2.24) is 5.32 Å². The van der Waals surface area contributed by atoms with E-state index in [1.54, 1.807) is 0 Å². The van der Waals surface area contributed by atoms with Gasteiger partial charge in [-0.3, -0.25) is 0 Å². The molecule has 0 radical (unpaired) electrons. The van der Waals surface area contributed by atoms with Crippen LogP contribution in [0.1, 0.15) is 20.3 Å². The summed E-state index contributed by atoms with van der Waals surface area (Å²) in [7, 11) is 0. The van der Waals surface area contributed by atoms with E-state index in [1.807, 2.05) is 6.92 Å². The Kier molecular flexibility index (Phi) is 1.77. The van der Waals surface area contributed by atoms with Crippen LogP contribution in [0.15, 0.2) is 12.2 Å². The summed E-state index contributed by atoms with van der Waals surface area (Å²) in [6, 6.07) is 0.174. The lowest BCUT2D eigenvalue weighted by atomic mass is 9.90. The molecule has 2 rings (SSSR count). The molecule has 2 heteroatoms. The van der Waals surface area contributed by atoms with Crippen molar-refractivity contribution in [3.8, 4) is 0 Å². The maximum absolute atomic E-state index is 10.2. The highest BCUT2D eigenvalue weighted by Crippen LogP contribution is 2.47. The molecule has 2 N–H and O–H groups in total. The summed E-state index contributed by atoms with van der Waals surface area (Å²) < 4.78 is 0. The van der Waals surface area contributed by atoms with Crippen LogP contribution in [0.2, 0.25) is 0 Å². The molecule has 2 aliphatic rings. The summed E-state index contributed by atoms with van der Waals surface area (Å²) in [6.45, 7) is 5.06. The summed E-state index contributed by atoms with van der Waals surface area (Å²) >= 11 is 0. The van der Waals surface area contributed by atoms with E-state index in [-0.39, 0.29) is 6.04 Å². The number of hydrogen-bond acceptors (Lipinski definition) is 2. The van der Waals surface area contributed by atoms with Gasteiger partial charge in [-0.05, 0) is 25.2 Å². The first-order valence-electron chi connectivity index (χ1n) is 4.75. The summed E-state index contributed by atoms with van der Waals surface area (Å²) in [5.41, 5.74) is -0.535. The number of aliphatic hydroxyl groups is 1.